The van der Waals surface area contributed by atoms with Crippen LogP contribution in [0.15, 0.2) is 128 Å². The van der Waals surface area contributed by atoms with Gasteiger partial charge in [0, 0.05) is 162 Å². The van der Waals surface area contributed by atoms with E-state index in [4.69, 9.17) is 103 Å². The molecule has 15 heterocycles. The molecule has 3 amide bonds. The fourth-order valence-electron chi connectivity index (χ4n) is 25.5. The van der Waals surface area contributed by atoms with Gasteiger partial charge in [-0.3, -0.25) is 29.1 Å². The van der Waals surface area contributed by atoms with Gasteiger partial charge >= 0.3 is 18.0 Å². The van der Waals surface area contributed by atoms with Crippen molar-refractivity contribution in [2.75, 3.05) is 200 Å². The highest BCUT2D eigenvalue weighted by molar-refractivity contribution is 6.38. The SMILES string of the molecule is [C-]#[N+]C[C@H]1CN(c2nc(OCC34CC(C)CN3CC(C)(C)C4)nc3c2CCN(c2cccc4ccc(F)c(Cl)c24)C3)CCN1C(=O)C(=C)F.[C-]#[N+]C[C@H]1CN(c2nc(OCC34CCCN3CC(C)C4)nc3c2CCN(c2cccc4ccc(F)c(Cl)c24)C3)CCN1C(=O)C(=C)F.[C-]#[N+]C[C@H]1CN(c2nc(OCC34CCCN3CC(COC)C4)nc3c2CCN(c2cccc4ccc(F)c(Cl)c24)C3)CCN1C(=O)C(=C)F. The highest BCUT2D eigenvalue weighted by Crippen LogP contribution is 2.52. The Balaban J connectivity index is 0.000000137. The van der Waals surface area contributed by atoms with Crippen molar-refractivity contribution in [3.8, 4) is 18.0 Å². The number of amides is 3. The normalized spacial score (nSPS) is 24.3. The Morgan fingerprint density at radius 1 is 0.434 bits per heavy atom. The van der Waals surface area contributed by atoms with Crippen LogP contribution in [0.5, 0.6) is 18.0 Å². The number of hydrogen-bond acceptors (Lipinski definition) is 22. The molecule has 9 atom stereocenters. The van der Waals surface area contributed by atoms with Gasteiger partial charge in [0.25, 0.3) is 17.7 Å². The molecule has 0 saturated carbocycles. The third-order valence-corrected chi connectivity index (χ3v) is 32.7. The number of halogens is 9. The molecular weight excluding hydrogens is 1920 g/mol. The second kappa shape index (κ2) is 42.0. The Labute approximate surface area is 856 Å². The monoisotopic (exact) mass is 2040 g/mol. The van der Waals surface area contributed by atoms with Crippen molar-refractivity contribution in [3.05, 3.63) is 229 Å². The summed E-state index contributed by atoms with van der Waals surface area (Å²) in [5.74, 6) is -3.09. The number of rotatable bonds is 23. The number of carbonyl (C=O) groups is 3. The first kappa shape index (κ1) is 102. The maximum absolute atomic E-state index is 14.7. The minimum Gasteiger partial charge on any atom is -0.461 e. The Morgan fingerprint density at radius 3 is 1.14 bits per heavy atom. The second-order valence-electron chi connectivity index (χ2n) is 42.0. The maximum Gasteiger partial charge on any atom is 0.318 e. The minimum atomic E-state index is -1.04. The standard InChI is InChI=1S/C37H42ClF2N7O2.C36H40ClF2N7O3.C35H38ClF2N7O2/c1-23-15-37(20-36(3,4)21-46(37)17-23)22-49-35-42-29-19-44(30-8-6-7-25-9-10-28(40)32(38)31(25)30)12-11-27(29)33(43-35)45-13-14-47(34(48)24(2)39)26(18-45)16-41-5;1-23(38)34(47)46-15-14-44(19-26(46)17-40-2)33-27-10-13-43(30-7-4-6-25-8-9-28(39)32(37)31(25)30)20-29(27)41-35(42-33)49-22-36-11-5-12-45(36)18-24(16-36)21-48-3;1-22-16-35(11-5-12-44(35)18-22)21-47-34-40-28-20-42(29-7-4-6-24-8-9-27(38)31(36)30(24)29)13-10-26(28)32(41-34)43-14-15-45(33(46)23(2)37)25(19-43)17-39-3/h6-10,23,26H,2,11-22H2,1,3-4H3;4,6-9,24,26H,1,5,10-22H2,3H3;4,6-9,22,25H,2,5,10-21H2,1H3/t23?,26-,37?;24?,26-,36?;22?,25-,35?/m000/s1. The van der Waals surface area contributed by atoms with Gasteiger partial charge in [0.05, 0.1) is 75.0 Å². The molecule has 12 aliphatic heterocycles. The Morgan fingerprint density at radius 2 is 0.779 bits per heavy atom. The molecule has 9 fully saturated rings. The lowest BCUT2D eigenvalue weighted by Gasteiger charge is -2.41. The molecule has 0 aliphatic carbocycles. The van der Waals surface area contributed by atoms with Crippen molar-refractivity contribution in [3.63, 3.8) is 0 Å². The number of carbonyl (C=O) groups excluding carboxylic acids is 3. The second-order valence-corrected chi connectivity index (χ2v) is 43.2. The molecule has 0 spiro atoms. The van der Waals surface area contributed by atoms with Crippen molar-refractivity contribution < 1.29 is 59.7 Å². The number of ether oxygens (including phenoxy) is 4. The highest BCUT2D eigenvalue weighted by Gasteiger charge is 2.56. The molecule has 12 aliphatic rings. The van der Waals surface area contributed by atoms with Crippen molar-refractivity contribution >= 4 is 119 Å². The van der Waals surface area contributed by atoms with Gasteiger partial charge in [-0.1, -0.05) is 137 Å². The van der Waals surface area contributed by atoms with Gasteiger partial charge in [-0.25, -0.2) is 46.1 Å². The summed E-state index contributed by atoms with van der Waals surface area (Å²) in [7, 11) is 1.74. The first-order chi connectivity index (χ1) is 69.8. The average Bonchev–Trinajstić information content (AvgIpc) is 1.38. The maximum atomic E-state index is 14.7. The van der Waals surface area contributed by atoms with Gasteiger partial charge in [0.15, 0.2) is 17.5 Å². The van der Waals surface area contributed by atoms with Crippen LogP contribution in [-0.2, 0) is 58.0 Å². The molecule has 9 saturated heterocycles. The number of hydrogen-bond donors (Lipinski definition) is 0. The zero-order valence-electron chi connectivity index (χ0n) is 82.5. The molecule has 0 radical (unpaired) electrons. The van der Waals surface area contributed by atoms with Crippen LogP contribution in [0, 0.1) is 60.3 Å². The van der Waals surface area contributed by atoms with Crippen molar-refractivity contribution in [1.29, 1.82) is 0 Å². The molecule has 762 valence electrons. The quantitative estimate of drug-likeness (QED) is 0.0330. The fraction of sp³-hybridized carbons (Fsp3) is 0.500. The zero-order valence-corrected chi connectivity index (χ0v) is 84.7. The smallest absolute Gasteiger partial charge is 0.318 e. The largest absolute Gasteiger partial charge is 0.461 e. The van der Waals surface area contributed by atoms with E-state index in [1.165, 1.54) is 32.9 Å². The van der Waals surface area contributed by atoms with E-state index in [9.17, 15) is 40.7 Å². The van der Waals surface area contributed by atoms with Crippen LogP contribution in [0.3, 0.4) is 0 Å². The first-order valence-electron chi connectivity index (χ1n) is 50.1. The Hall–Kier alpha value is -12.1. The van der Waals surface area contributed by atoms with Crippen LogP contribution in [0.1, 0.15) is 113 Å². The van der Waals surface area contributed by atoms with Gasteiger partial charge in [0.2, 0.25) is 19.6 Å². The fourth-order valence-corrected chi connectivity index (χ4v) is 26.3. The third-order valence-electron chi connectivity index (χ3n) is 31.6. The number of fused-ring (bicyclic) bond motifs is 9. The molecular formula is C108H120Cl3F6N21O7. The summed E-state index contributed by atoms with van der Waals surface area (Å²) in [5, 5.41) is 4.81. The lowest BCUT2D eigenvalue weighted by molar-refractivity contribution is -0.131. The van der Waals surface area contributed by atoms with Gasteiger partial charge < -0.3 is 77.6 Å². The predicted octanol–water partition coefficient (Wildman–Crippen LogP) is 17.2. The minimum absolute atomic E-state index is 0.0177. The van der Waals surface area contributed by atoms with Crippen molar-refractivity contribution in [2.45, 2.75) is 153 Å². The lowest BCUT2D eigenvalue weighted by Crippen LogP contribution is -2.57. The van der Waals surface area contributed by atoms with Gasteiger partial charge in [-0.15, -0.1) is 0 Å². The first-order valence-corrected chi connectivity index (χ1v) is 51.3. The van der Waals surface area contributed by atoms with Gasteiger partial charge in [0.1, 0.15) is 72.9 Å². The van der Waals surface area contributed by atoms with Crippen molar-refractivity contribution in [2.24, 2.45) is 23.2 Å². The number of piperazine rings is 3. The summed E-state index contributed by atoms with van der Waals surface area (Å²) in [5.41, 5.74) is 7.75. The van der Waals surface area contributed by atoms with Gasteiger partial charge in [-0.2, -0.15) is 29.9 Å². The molecule has 0 N–H and O–H groups in total. The predicted molar refractivity (Wildman–Crippen MR) is 549 cm³/mol. The molecule has 37 heteroatoms. The molecule has 28 nitrogen and oxygen atoms in total. The Kier molecular flexibility index (Phi) is 29.5. The summed E-state index contributed by atoms with van der Waals surface area (Å²) in [6.45, 7) is 55.8. The Bertz CT molecular complexity index is 6710. The van der Waals surface area contributed by atoms with E-state index in [1.54, 1.807) is 25.3 Å². The lowest BCUT2D eigenvalue weighted by atomic mass is 9.81. The van der Waals surface area contributed by atoms with E-state index in [1.807, 2.05) is 54.6 Å². The topological polar surface area (TPSA) is 217 Å². The molecule has 9 aromatic rings. The van der Waals surface area contributed by atoms with Crippen LogP contribution in [0.4, 0.5) is 60.9 Å². The van der Waals surface area contributed by atoms with Crippen LogP contribution in [0.25, 0.3) is 46.9 Å². The number of methoxy groups -OCH3 is 1. The summed E-state index contributed by atoms with van der Waals surface area (Å²) < 4.78 is 111. The van der Waals surface area contributed by atoms with E-state index >= 15 is 0 Å². The van der Waals surface area contributed by atoms with E-state index in [-0.39, 0.29) is 88.4 Å². The van der Waals surface area contributed by atoms with Crippen molar-refractivity contribution in [1.82, 2.24) is 59.3 Å². The van der Waals surface area contributed by atoms with Crippen LogP contribution in [-0.4, -0.2) is 283 Å². The van der Waals surface area contributed by atoms with Crippen LogP contribution in [0.2, 0.25) is 15.1 Å². The number of anilines is 6. The molecule has 0 bridgehead atoms. The number of nitrogens with zero attached hydrogens (tertiary/aromatic N) is 21. The van der Waals surface area contributed by atoms with E-state index in [2.05, 4.69) is 106 Å². The summed E-state index contributed by atoms with van der Waals surface area (Å²) in [6.07, 6.45) is 10.3. The molecule has 6 unspecified atom stereocenters. The van der Waals surface area contributed by atoms with Gasteiger partial charge in [-0.05, 0) is 159 Å². The van der Waals surface area contributed by atoms with E-state index < -0.39 is 70.8 Å². The summed E-state index contributed by atoms with van der Waals surface area (Å²) in [4.78, 5) is 103. The van der Waals surface area contributed by atoms with E-state index in [0.29, 0.717) is 182 Å². The average molecular weight is 2040 g/mol. The number of benzene rings is 6. The highest BCUT2D eigenvalue weighted by atomic mass is 35.5. The summed E-state index contributed by atoms with van der Waals surface area (Å²) in [6, 6.07) is 26.1. The summed E-state index contributed by atoms with van der Waals surface area (Å²) >= 11 is 19.6. The van der Waals surface area contributed by atoms with Crippen LogP contribution >= 0.6 is 34.8 Å². The molecule has 3 aromatic heterocycles. The molecule has 21 rings (SSSR count). The zero-order chi connectivity index (χ0) is 102. The van der Waals surface area contributed by atoms with Crippen LogP contribution < -0.4 is 43.6 Å². The molecule has 145 heavy (non-hydrogen) atoms. The van der Waals surface area contributed by atoms with E-state index in [0.717, 1.165) is 158 Å². The molecule has 6 aromatic carbocycles. The third kappa shape index (κ3) is 20.3. The number of aromatic nitrogens is 6.